The van der Waals surface area contributed by atoms with Crippen LogP contribution in [0, 0.1) is 0 Å². The van der Waals surface area contributed by atoms with Crippen LogP contribution in [0.3, 0.4) is 0 Å². The molecular formula is C21H20Cl2F3N3O3. The molecule has 2 amide bonds. The van der Waals surface area contributed by atoms with Crippen LogP contribution in [-0.2, 0) is 15.8 Å². The van der Waals surface area contributed by atoms with E-state index in [1.165, 1.54) is 24.3 Å². The number of carbonyl (C=O) groups excluding carboxylic acids is 2. The van der Waals surface area contributed by atoms with Gasteiger partial charge in [-0.15, -0.1) is 0 Å². The van der Waals surface area contributed by atoms with Crippen LogP contribution >= 0.6 is 23.2 Å². The summed E-state index contributed by atoms with van der Waals surface area (Å²) in [6, 6.07) is 9.51. The number of carbonyl (C=O) groups is 2. The molecule has 0 aromatic heterocycles. The van der Waals surface area contributed by atoms with Crippen molar-refractivity contribution in [3.8, 4) is 5.75 Å². The fraction of sp³-hybridized carbons (Fsp3) is 0.333. The summed E-state index contributed by atoms with van der Waals surface area (Å²) in [6.45, 7) is 1.23. The zero-order valence-electron chi connectivity index (χ0n) is 16.8. The molecule has 0 bridgehead atoms. The van der Waals surface area contributed by atoms with E-state index in [0.29, 0.717) is 42.0 Å². The largest absolute Gasteiger partial charge is 0.482 e. The van der Waals surface area contributed by atoms with Crippen molar-refractivity contribution in [1.82, 2.24) is 9.80 Å². The third-order valence-corrected chi connectivity index (χ3v) is 5.39. The molecule has 0 radical (unpaired) electrons. The van der Waals surface area contributed by atoms with Crippen LogP contribution in [-0.4, -0.2) is 60.9 Å². The van der Waals surface area contributed by atoms with Gasteiger partial charge >= 0.3 is 6.18 Å². The van der Waals surface area contributed by atoms with Gasteiger partial charge in [-0.1, -0.05) is 35.3 Å². The summed E-state index contributed by atoms with van der Waals surface area (Å²) in [5.74, 6) is -0.494. The summed E-state index contributed by atoms with van der Waals surface area (Å²) in [5.41, 5.74) is -1.18. The van der Waals surface area contributed by atoms with Crippen molar-refractivity contribution in [2.75, 3.05) is 44.6 Å². The minimum absolute atomic E-state index is 0.0805. The molecule has 2 aromatic rings. The second kappa shape index (κ2) is 10.4. The highest BCUT2D eigenvalue weighted by atomic mass is 35.5. The Labute approximate surface area is 192 Å². The summed E-state index contributed by atoms with van der Waals surface area (Å²) in [6.07, 6.45) is -4.56. The van der Waals surface area contributed by atoms with E-state index >= 15 is 0 Å². The van der Waals surface area contributed by atoms with Crippen molar-refractivity contribution < 1.29 is 27.5 Å². The first kappa shape index (κ1) is 24.2. The highest BCUT2D eigenvalue weighted by Gasteiger charge is 2.33. The number of benzene rings is 2. The lowest BCUT2D eigenvalue weighted by atomic mass is 10.1. The van der Waals surface area contributed by atoms with E-state index in [1.807, 2.05) is 0 Å². The molecule has 1 heterocycles. The first-order valence-electron chi connectivity index (χ1n) is 9.67. The first-order chi connectivity index (χ1) is 15.1. The van der Waals surface area contributed by atoms with Crippen molar-refractivity contribution in [2.24, 2.45) is 0 Å². The van der Waals surface area contributed by atoms with Crippen LogP contribution in [0.2, 0.25) is 10.0 Å². The number of anilines is 1. The molecule has 11 heteroatoms. The first-order valence-corrected chi connectivity index (χ1v) is 10.4. The SMILES string of the molecule is O=C(CN1CCN(C(=O)COc2cc(Cl)ccc2Cl)CC1)Nc1ccccc1C(F)(F)F. The van der Waals surface area contributed by atoms with Crippen molar-refractivity contribution in [3.63, 3.8) is 0 Å². The van der Waals surface area contributed by atoms with Crippen LogP contribution < -0.4 is 10.1 Å². The van der Waals surface area contributed by atoms with Gasteiger partial charge in [-0.25, -0.2) is 0 Å². The number of nitrogens with one attached hydrogen (secondary N) is 1. The van der Waals surface area contributed by atoms with Gasteiger partial charge in [0.1, 0.15) is 5.75 Å². The number of ether oxygens (including phenoxy) is 1. The van der Waals surface area contributed by atoms with Crippen LogP contribution in [0.25, 0.3) is 0 Å². The van der Waals surface area contributed by atoms with E-state index in [0.717, 1.165) is 6.07 Å². The normalized spacial score (nSPS) is 14.8. The third kappa shape index (κ3) is 6.51. The molecule has 1 fully saturated rings. The molecule has 1 aliphatic heterocycles. The Balaban J connectivity index is 1.46. The number of hydrogen-bond donors (Lipinski definition) is 1. The van der Waals surface area contributed by atoms with E-state index in [9.17, 15) is 22.8 Å². The summed E-state index contributed by atoms with van der Waals surface area (Å²) in [7, 11) is 0. The summed E-state index contributed by atoms with van der Waals surface area (Å²) in [4.78, 5) is 28.0. The molecule has 6 nitrogen and oxygen atoms in total. The predicted molar refractivity (Wildman–Crippen MR) is 115 cm³/mol. The van der Waals surface area contributed by atoms with Gasteiger partial charge < -0.3 is 15.0 Å². The van der Waals surface area contributed by atoms with E-state index in [-0.39, 0.29) is 24.7 Å². The van der Waals surface area contributed by atoms with Gasteiger partial charge in [-0.2, -0.15) is 13.2 Å². The fourth-order valence-electron chi connectivity index (χ4n) is 3.21. The molecule has 0 atom stereocenters. The average molecular weight is 490 g/mol. The molecule has 0 aliphatic carbocycles. The molecule has 32 heavy (non-hydrogen) atoms. The van der Waals surface area contributed by atoms with Crippen LogP contribution in [0.4, 0.5) is 18.9 Å². The van der Waals surface area contributed by atoms with Gasteiger partial charge in [0.05, 0.1) is 22.8 Å². The minimum Gasteiger partial charge on any atom is -0.482 e. The van der Waals surface area contributed by atoms with Gasteiger partial charge in [0.25, 0.3) is 5.91 Å². The lowest BCUT2D eigenvalue weighted by Crippen LogP contribution is -2.51. The summed E-state index contributed by atoms with van der Waals surface area (Å²) in [5, 5.41) is 3.09. The van der Waals surface area contributed by atoms with Crippen LogP contribution in [0.1, 0.15) is 5.56 Å². The molecular weight excluding hydrogens is 470 g/mol. The third-order valence-electron chi connectivity index (χ3n) is 4.84. The smallest absolute Gasteiger partial charge is 0.418 e. The average Bonchev–Trinajstić information content (AvgIpc) is 2.74. The lowest BCUT2D eigenvalue weighted by molar-refractivity contribution is -0.137. The number of amides is 2. The van der Waals surface area contributed by atoms with Gasteiger partial charge in [0.15, 0.2) is 6.61 Å². The topological polar surface area (TPSA) is 61.9 Å². The Kier molecular flexibility index (Phi) is 7.86. The van der Waals surface area contributed by atoms with Crippen molar-refractivity contribution in [3.05, 3.63) is 58.1 Å². The van der Waals surface area contributed by atoms with E-state index in [2.05, 4.69) is 5.32 Å². The Morgan fingerprint density at radius 2 is 1.72 bits per heavy atom. The Morgan fingerprint density at radius 1 is 1.03 bits per heavy atom. The maximum atomic E-state index is 13.1. The Bertz CT molecular complexity index is 980. The minimum atomic E-state index is -4.56. The van der Waals surface area contributed by atoms with Crippen molar-refractivity contribution >= 4 is 40.7 Å². The molecule has 1 N–H and O–H groups in total. The Hall–Kier alpha value is -2.49. The number of alkyl halides is 3. The number of rotatable bonds is 6. The second-order valence-corrected chi connectivity index (χ2v) is 7.96. The summed E-state index contributed by atoms with van der Waals surface area (Å²) >= 11 is 11.9. The molecule has 0 unspecified atom stereocenters. The highest BCUT2D eigenvalue weighted by Crippen LogP contribution is 2.34. The van der Waals surface area contributed by atoms with Gasteiger partial charge in [-0.3, -0.25) is 14.5 Å². The van der Waals surface area contributed by atoms with Gasteiger partial charge in [-0.05, 0) is 24.3 Å². The molecule has 172 valence electrons. The number of halogens is 5. The van der Waals surface area contributed by atoms with Crippen molar-refractivity contribution in [1.29, 1.82) is 0 Å². The highest BCUT2D eigenvalue weighted by molar-refractivity contribution is 6.34. The molecule has 1 aliphatic rings. The molecule has 0 spiro atoms. The maximum Gasteiger partial charge on any atom is 0.418 e. The quantitative estimate of drug-likeness (QED) is 0.661. The standard InChI is InChI=1S/C21H20Cl2F3N3O3/c22-14-5-6-16(23)18(11-14)32-13-20(31)29-9-7-28(8-10-29)12-19(30)27-17-4-2-1-3-15(17)21(24,25)26/h1-6,11H,7-10,12-13H2,(H,27,30). The van der Waals surface area contributed by atoms with E-state index < -0.39 is 17.6 Å². The van der Waals surface area contributed by atoms with Gasteiger partial charge in [0.2, 0.25) is 5.91 Å². The molecule has 3 rings (SSSR count). The van der Waals surface area contributed by atoms with E-state index in [4.69, 9.17) is 27.9 Å². The zero-order valence-corrected chi connectivity index (χ0v) is 18.3. The fourth-order valence-corrected chi connectivity index (χ4v) is 3.54. The summed E-state index contributed by atoms with van der Waals surface area (Å²) < 4.78 is 44.6. The zero-order chi connectivity index (χ0) is 23.3. The number of piperazine rings is 1. The van der Waals surface area contributed by atoms with E-state index in [1.54, 1.807) is 21.9 Å². The van der Waals surface area contributed by atoms with Crippen LogP contribution in [0.5, 0.6) is 5.75 Å². The van der Waals surface area contributed by atoms with Crippen molar-refractivity contribution in [2.45, 2.75) is 6.18 Å². The lowest BCUT2D eigenvalue weighted by Gasteiger charge is -2.34. The maximum absolute atomic E-state index is 13.1. The second-order valence-electron chi connectivity index (χ2n) is 7.11. The molecule has 1 saturated heterocycles. The van der Waals surface area contributed by atoms with Crippen LogP contribution in [0.15, 0.2) is 42.5 Å². The number of nitrogens with zero attached hydrogens (tertiary/aromatic N) is 2. The monoisotopic (exact) mass is 489 g/mol. The Morgan fingerprint density at radius 3 is 2.41 bits per heavy atom. The number of hydrogen-bond acceptors (Lipinski definition) is 4. The molecule has 0 saturated carbocycles. The number of para-hydroxylation sites is 1. The van der Waals surface area contributed by atoms with Gasteiger partial charge in [0, 0.05) is 37.3 Å². The molecule has 2 aromatic carbocycles. The predicted octanol–water partition coefficient (Wildman–Crippen LogP) is 4.17.